The van der Waals surface area contributed by atoms with Crippen LogP contribution in [-0.2, 0) is 28.6 Å². The van der Waals surface area contributed by atoms with Crippen molar-refractivity contribution in [2.75, 3.05) is 13.2 Å². The minimum absolute atomic E-state index is 0.255. The Labute approximate surface area is 142 Å². The molecule has 0 aromatic heterocycles. The van der Waals surface area contributed by atoms with Crippen LogP contribution in [0.5, 0.6) is 0 Å². The lowest BCUT2D eigenvalue weighted by atomic mass is 9.99. The van der Waals surface area contributed by atoms with Gasteiger partial charge in [-0.05, 0) is 19.8 Å². The number of alkyl halides is 1. The first-order valence-corrected chi connectivity index (χ1v) is 8.21. The van der Waals surface area contributed by atoms with Crippen molar-refractivity contribution in [3.63, 3.8) is 0 Å². The maximum atomic E-state index is 11.7. The van der Waals surface area contributed by atoms with Gasteiger partial charge in [0.1, 0.15) is 16.1 Å². The van der Waals surface area contributed by atoms with Crippen molar-refractivity contribution in [3.8, 4) is 0 Å². The molecule has 8 heteroatoms. The number of carbonyl (C=O) groups is 3. The predicted octanol–water partition coefficient (Wildman–Crippen LogP) is 0.989. The van der Waals surface area contributed by atoms with Crippen molar-refractivity contribution in [2.45, 2.75) is 49.2 Å². The van der Waals surface area contributed by atoms with Crippen LogP contribution in [0.15, 0.2) is 0 Å². The molecule has 1 aliphatic rings. The van der Waals surface area contributed by atoms with Gasteiger partial charge in [0.15, 0.2) is 12.7 Å². The van der Waals surface area contributed by atoms with Gasteiger partial charge in [0.05, 0.1) is 5.92 Å². The maximum absolute atomic E-state index is 11.7. The summed E-state index contributed by atoms with van der Waals surface area (Å²) in [7, 11) is 0. The topological polar surface area (TPSA) is 99.1 Å². The second kappa shape index (κ2) is 8.09. The first-order valence-electron chi connectivity index (χ1n) is 7.13. The zero-order valence-electron chi connectivity index (χ0n) is 12.8. The molecule has 1 rings (SSSR count). The molecule has 1 saturated heterocycles. The molecule has 0 spiro atoms. The highest BCUT2D eigenvalue weighted by atomic mass is 127. The van der Waals surface area contributed by atoms with E-state index in [2.05, 4.69) is 0 Å². The lowest BCUT2D eigenvalue weighted by Crippen LogP contribution is -2.34. The number of halogens is 1. The Balaban J connectivity index is 2.36. The molecular weight excluding hydrogens is 407 g/mol. The van der Waals surface area contributed by atoms with Crippen molar-refractivity contribution in [3.05, 3.63) is 0 Å². The number of esters is 3. The Hall–Kier alpha value is -0.900. The van der Waals surface area contributed by atoms with Gasteiger partial charge in [0, 0.05) is 0 Å². The van der Waals surface area contributed by atoms with Gasteiger partial charge in [0.2, 0.25) is 0 Å². The first kappa shape index (κ1) is 19.1. The number of cyclic esters (lactones) is 1. The highest BCUT2D eigenvalue weighted by molar-refractivity contribution is 14.1. The third-order valence-electron chi connectivity index (χ3n) is 3.62. The third kappa shape index (κ3) is 4.80. The van der Waals surface area contributed by atoms with E-state index < -0.39 is 46.1 Å². The van der Waals surface area contributed by atoms with E-state index in [-0.39, 0.29) is 6.61 Å². The zero-order chi connectivity index (χ0) is 16.9. The Morgan fingerprint density at radius 1 is 1.36 bits per heavy atom. The molecule has 0 radical (unpaired) electrons. The SMILES string of the molecule is CCC1C(=O)OC(COC(=O)COC(=O)C(C)(I)CC)C1O. The van der Waals surface area contributed by atoms with Crippen LogP contribution in [0.2, 0.25) is 0 Å². The maximum Gasteiger partial charge on any atom is 0.344 e. The molecule has 0 aromatic rings. The van der Waals surface area contributed by atoms with Crippen molar-refractivity contribution < 1.29 is 33.7 Å². The minimum atomic E-state index is -0.995. The predicted molar refractivity (Wildman–Crippen MR) is 84.3 cm³/mol. The standard InChI is InChI=1S/C14H21IO7/c1-4-8-11(17)9(22-12(8)18)6-20-10(16)7-21-13(19)14(3,15)5-2/h8-9,11,17H,4-7H2,1-3H3. The Morgan fingerprint density at radius 2 is 2.00 bits per heavy atom. The van der Waals surface area contributed by atoms with E-state index in [1.807, 2.05) is 29.5 Å². The number of ether oxygens (including phenoxy) is 3. The molecule has 4 atom stereocenters. The molecule has 0 saturated carbocycles. The van der Waals surface area contributed by atoms with Gasteiger partial charge < -0.3 is 19.3 Å². The molecule has 0 amide bonds. The second-order valence-corrected chi connectivity index (χ2v) is 7.67. The molecule has 1 heterocycles. The fourth-order valence-electron chi connectivity index (χ4n) is 1.88. The largest absolute Gasteiger partial charge is 0.459 e. The summed E-state index contributed by atoms with van der Waals surface area (Å²) in [6.45, 7) is 4.55. The van der Waals surface area contributed by atoms with E-state index in [4.69, 9.17) is 14.2 Å². The number of hydrogen-bond acceptors (Lipinski definition) is 7. The molecule has 126 valence electrons. The van der Waals surface area contributed by atoms with E-state index in [1.165, 1.54) is 0 Å². The Kier molecular flexibility index (Phi) is 7.04. The van der Waals surface area contributed by atoms with Crippen LogP contribution < -0.4 is 0 Å². The summed E-state index contributed by atoms with van der Waals surface area (Å²) >= 11 is 1.96. The minimum Gasteiger partial charge on any atom is -0.459 e. The van der Waals surface area contributed by atoms with Crippen molar-refractivity contribution in [1.82, 2.24) is 0 Å². The fraction of sp³-hybridized carbons (Fsp3) is 0.786. The summed E-state index contributed by atoms with van der Waals surface area (Å²) in [5, 5.41) is 9.87. The third-order valence-corrected chi connectivity index (χ3v) is 4.83. The average Bonchev–Trinajstić information content (AvgIpc) is 2.76. The van der Waals surface area contributed by atoms with Crippen molar-refractivity contribution in [2.24, 2.45) is 5.92 Å². The molecule has 0 aliphatic carbocycles. The van der Waals surface area contributed by atoms with Crippen LogP contribution in [0.25, 0.3) is 0 Å². The van der Waals surface area contributed by atoms with Crippen LogP contribution in [0.3, 0.4) is 0 Å². The Morgan fingerprint density at radius 3 is 2.50 bits per heavy atom. The van der Waals surface area contributed by atoms with E-state index in [0.717, 1.165) is 0 Å². The van der Waals surface area contributed by atoms with Gasteiger partial charge in [-0.3, -0.25) is 9.59 Å². The molecule has 1 N–H and O–H groups in total. The molecule has 0 aromatic carbocycles. The van der Waals surface area contributed by atoms with E-state index in [1.54, 1.807) is 13.8 Å². The van der Waals surface area contributed by atoms with Crippen LogP contribution in [0.4, 0.5) is 0 Å². The highest BCUT2D eigenvalue weighted by Gasteiger charge is 2.43. The average molecular weight is 428 g/mol. The summed E-state index contributed by atoms with van der Waals surface area (Å²) in [5.74, 6) is -2.33. The Bertz CT molecular complexity index is 435. The van der Waals surface area contributed by atoms with Gasteiger partial charge >= 0.3 is 17.9 Å². The number of rotatable bonds is 7. The van der Waals surface area contributed by atoms with Crippen LogP contribution in [0, 0.1) is 5.92 Å². The number of aliphatic hydroxyl groups excluding tert-OH is 1. The lowest BCUT2D eigenvalue weighted by Gasteiger charge is -2.18. The van der Waals surface area contributed by atoms with Gasteiger partial charge in [-0.25, -0.2) is 4.79 Å². The summed E-state index contributed by atoms with van der Waals surface area (Å²) < 4.78 is 14.0. The molecule has 7 nitrogen and oxygen atoms in total. The van der Waals surface area contributed by atoms with Crippen LogP contribution >= 0.6 is 22.6 Å². The molecule has 4 unspecified atom stereocenters. The molecule has 1 aliphatic heterocycles. The molecule has 0 bridgehead atoms. The second-order valence-electron chi connectivity index (χ2n) is 5.29. The van der Waals surface area contributed by atoms with Crippen LogP contribution in [0.1, 0.15) is 33.6 Å². The lowest BCUT2D eigenvalue weighted by molar-refractivity contribution is -0.163. The summed E-state index contributed by atoms with van der Waals surface area (Å²) in [6.07, 6.45) is -0.842. The van der Waals surface area contributed by atoms with Gasteiger partial charge in [-0.15, -0.1) is 0 Å². The molecule has 1 fully saturated rings. The zero-order valence-corrected chi connectivity index (χ0v) is 15.0. The first-order chi connectivity index (χ1) is 10.2. The summed E-state index contributed by atoms with van der Waals surface area (Å²) in [4.78, 5) is 34.7. The number of carbonyl (C=O) groups excluding carboxylic acids is 3. The summed E-state index contributed by atoms with van der Waals surface area (Å²) in [6, 6.07) is 0. The van der Waals surface area contributed by atoms with Crippen molar-refractivity contribution >= 4 is 40.5 Å². The summed E-state index contributed by atoms with van der Waals surface area (Å²) in [5.41, 5.74) is 0. The number of aliphatic hydroxyl groups is 1. The van der Waals surface area contributed by atoms with E-state index in [0.29, 0.717) is 12.8 Å². The highest BCUT2D eigenvalue weighted by Crippen LogP contribution is 2.25. The molecular formula is C14H21IO7. The van der Waals surface area contributed by atoms with Crippen LogP contribution in [-0.4, -0.2) is 51.9 Å². The molecule has 22 heavy (non-hydrogen) atoms. The normalized spacial score (nSPS) is 27.0. The number of hydrogen-bond donors (Lipinski definition) is 1. The van der Waals surface area contributed by atoms with Crippen molar-refractivity contribution in [1.29, 1.82) is 0 Å². The smallest absolute Gasteiger partial charge is 0.344 e. The van der Waals surface area contributed by atoms with Gasteiger partial charge in [0.25, 0.3) is 0 Å². The van der Waals surface area contributed by atoms with E-state index >= 15 is 0 Å². The van der Waals surface area contributed by atoms with Gasteiger partial charge in [-0.2, -0.15) is 0 Å². The fourth-order valence-corrected chi connectivity index (χ4v) is 2.04. The van der Waals surface area contributed by atoms with E-state index in [9.17, 15) is 19.5 Å². The van der Waals surface area contributed by atoms with Gasteiger partial charge in [-0.1, -0.05) is 36.4 Å². The quantitative estimate of drug-likeness (QED) is 0.280. The monoisotopic (exact) mass is 428 g/mol.